The minimum atomic E-state index is -0.0139. The van der Waals surface area contributed by atoms with E-state index in [-0.39, 0.29) is 11.5 Å². The molecular weight excluding hydrogens is 342 g/mol. The van der Waals surface area contributed by atoms with Crippen molar-refractivity contribution in [2.45, 2.75) is 31.8 Å². The quantitative estimate of drug-likeness (QED) is 0.778. The maximum atomic E-state index is 13.0. The van der Waals surface area contributed by atoms with Gasteiger partial charge in [0.25, 0.3) is 11.5 Å². The van der Waals surface area contributed by atoms with Gasteiger partial charge in [0.05, 0.1) is 7.11 Å². The lowest BCUT2D eigenvalue weighted by atomic mass is 10.0. The van der Waals surface area contributed by atoms with Gasteiger partial charge in [-0.3, -0.25) is 9.59 Å². The highest BCUT2D eigenvalue weighted by Crippen LogP contribution is 2.34. The van der Waals surface area contributed by atoms with Crippen molar-refractivity contribution in [1.82, 2.24) is 14.5 Å². The van der Waals surface area contributed by atoms with Crippen LogP contribution in [0.2, 0.25) is 0 Å². The highest BCUT2D eigenvalue weighted by Gasteiger charge is 2.28. The molecule has 0 unspecified atom stereocenters. The van der Waals surface area contributed by atoms with E-state index in [1.807, 2.05) is 39.9 Å². The molecule has 1 fully saturated rings. The fourth-order valence-corrected chi connectivity index (χ4v) is 3.88. The van der Waals surface area contributed by atoms with Crippen molar-refractivity contribution >= 4 is 16.8 Å². The maximum absolute atomic E-state index is 13.0. The van der Waals surface area contributed by atoms with Crippen molar-refractivity contribution in [3.8, 4) is 5.75 Å². The lowest BCUT2D eigenvalue weighted by Crippen LogP contribution is -2.37. The number of aromatic nitrogens is 2. The highest BCUT2D eigenvalue weighted by molar-refractivity contribution is 5.98. The van der Waals surface area contributed by atoms with Crippen LogP contribution in [0.25, 0.3) is 10.9 Å². The summed E-state index contributed by atoms with van der Waals surface area (Å²) in [6.45, 7) is 1.16. The topological polar surface area (TPSA) is 67.3 Å². The van der Waals surface area contributed by atoms with E-state index in [4.69, 9.17) is 4.74 Å². The van der Waals surface area contributed by atoms with Gasteiger partial charge in [-0.15, -0.1) is 0 Å². The minimum Gasteiger partial charge on any atom is -0.497 e. The van der Waals surface area contributed by atoms with Crippen molar-refractivity contribution < 1.29 is 9.53 Å². The summed E-state index contributed by atoms with van der Waals surface area (Å²) in [6, 6.07) is 9.69. The van der Waals surface area contributed by atoms with Crippen LogP contribution in [0.3, 0.4) is 0 Å². The molecule has 0 atom stereocenters. The Morgan fingerprint density at radius 3 is 2.81 bits per heavy atom. The molecule has 1 aliphatic carbocycles. The first-order chi connectivity index (χ1) is 13.1. The predicted molar refractivity (Wildman–Crippen MR) is 102 cm³/mol. The molecule has 5 rings (SSSR count). The normalized spacial score (nSPS) is 16.4. The van der Waals surface area contributed by atoms with Gasteiger partial charge in [0.1, 0.15) is 11.4 Å². The number of hydrogen-bond acceptors (Lipinski definition) is 3. The van der Waals surface area contributed by atoms with E-state index >= 15 is 0 Å². The number of H-pyrrole nitrogens is 1. The Morgan fingerprint density at radius 1 is 1.19 bits per heavy atom. The van der Waals surface area contributed by atoms with Crippen LogP contribution < -0.4 is 10.3 Å². The number of nitrogens with zero attached hydrogens (tertiary/aromatic N) is 2. The van der Waals surface area contributed by atoms with Crippen LogP contribution in [0.5, 0.6) is 5.75 Å². The molecule has 1 amide bonds. The van der Waals surface area contributed by atoms with Gasteiger partial charge in [0.15, 0.2) is 0 Å². The highest BCUT2D eigenvalue weighted by atomic mass is 16.5. The average molecular weight is 363 g/mol. The van der Waals surface area contributed by atoms with E-state index < -0.39 is 0 Å². The van der Waals surface area contributed by atoms with E-state index in [0.29, 0.717) is 24.8 Å². The van der Waals surface area contributed by atoms with Crippen molar-refractivity contribution in [2.75, 3.05) is 13.7 Å². The molecule has 6 heteroatoms. The van der Waals surface area contributed by atoms with Gasteiger partial charge in [0, 0.05) is 42.3 Å². The summed E-state index contributed by atoms with van der Waals surface area (Å²) >= 11 is 0. The molecule has 1 N–H and O–H groups in total. The summed E-state index contributed by atoms with van der Waals surface area (Å²) in [4.78, 5) is 30.3. The molecule has 2 aliphatic rings. The summed E-state index contributed by atoms with van der Waals surface area (Å²) in [5, 5.41) is 0.956. The Bertz CT molecular complexity index is 1110. The van der Waals surface area contributed by atoms with Crippen LogP contribution in [-0.4, -0.2) is 34.0 Å². The molecule has 3 heterocycles. The molecule has 27 heavy (non-hydrogen) atoms. The van der Waals surface area contributed by atoms with Gasteiger partial charge in [-0.1, -0.05) is 0 Å². The van der Waals surface area contributed by atoms with Crippen LogP contribution in [0, 0.1) is 0 Å². The lowest BCUT2D eigenvalue weighted by Gasteiger charge is -2.29. The number of amides is 1. The van der Waals surface area contributed by atoms with E-state index in [9.17, 15) is 9.59 Å². The van der Waals surface area contributed by atoms with E-state index in [0.717, 1.165) is 47.0 Å². The van der Waals surface area contributed by atoms with Gasteiger partial charge in [-0.2, -0.15) is 0 Å². The molecule has 3 aromatic rings. The summed E-state index contributed by atoms with van der Waals surface area (Å²) in [5.74, 6) is 0.755. The Hall–Kier alpha value is -3.02. The SMILES string of the molecule is COc1ccc2[nH]c(C(=O)N3CCc4cc(=O)n(C5CC5)cc4C3)cc2c1. The lowest BCUT2D eigenvalue weighted by molar-refractivity contribution is 0.0729. The summed E-state index contributed by atoms with van der Waals surface area (Å²) < 4.78 is 7.09. The molecule has 2 aromatic heterocycles. The Morgan fingerprint density at radius 2 is 2.04 bits per heavy atom. The number of carbonyl (C=O) groups is 1. The third-order valence-corrected chi connectivity index (χ3v) is 5.56. The Kier molecular flexibility index (Phi) is 3.60. The van der Waals surface area contributed by atoms with E-state index in [1.54, 1.807) is 13.2 Å². The van der Waals surface area contributed by atoms with Crippen molar-refractivity contribution in [1.29, 1.82) is 0 Å². The van der Waals surface area contributed by atoms with Crippen molar-refractivity contribution in [3.63, 3.8) is 0 Å². The molecule has 1 saturated carbocycles. The summed E-state index contributed by atoms with van der Waals surface area (Å²) in [6.07, 6.45) is 4.82. The number of fused-ring (bicyclic) bond motifs is 2. The van der Waals surface area contributed by atoms with Crippen molar-refractivity contribution in [2.24, 2.45) is 0 Å². The second kappa shape index (κ2) is 6.01. The van der Waals surface area contributed by atoms with Gasteiger partial charge >= 0.3 is 0 Å². The first kappa shape index (κ1) is 16.2. The summed E-state index contributed by atoms with van der Waals surface area (Å²) in [5.41, 5.74) is 3.73. The number of pyridine rings is 1. The van der Waals surface area contributed by atoms with E-state index in [2.05, 4.69) is 4.98 Å². The second-order valence-corrected chi connectivity index (χ2v) is 7.41. The van der Waals surface area contributed by atoms with E-state index in [1.165, 1.54) is 0 Å². The van der Waals surface area contributed by atoms with Crippen LogP contribution in [0.1, 0.15) is 40.5 Å². The van der Waals surface area contributed by atoms with Crippen LogP contribution >= 0.6 is 0 Å². The number of hydrogen-bond donors (Lipinski definition) is 1. The fraction of sp³-hybridized carbons (Fsp3) is 0.333. The minimum absolute atomic E-state index is 0.0139. The number of aromatic amines is 1. The second-order valence-electron chi connectivity index (χ2n) is 7.41. The summed E-state index contributed by atoms with van der Waals surface area (Å²) in [7, 11) is 1.63. The third-order valence-electron chi connectivity index (χ3n) is 5.56. The standard InChI is InChI=1S/C21H21N3O3/c1-27-17-4-5-18-14(8-17)9-19(22-18)21(26)23-7-6-13-10-20(25)24(16-2-3-16)12-15(13)11-23/h4-5,8-10,12,16,22H,2-3,6-7,11H2,1H3. The molecule has 6 nitrogen and oxygen atoms in total. The number of ether oxygens (including phenoxy) is 1. The zero-order chi connectivity index (χ0) is 18.5. The molecular formula is C21H21N3O3. The molecule has 138 valence electrons. The molecule has 0 bridgehead atoms. The first-order valence-electron chi connectivity index (χ1n) is 9.32. The maximum Gasteiger partial charge on any atom is 0.270 e. The van der Waals surface area contributed by atoms with Gasteiger partial charge < -0.3 is 19.2 Å². The number of benzene rings is 1. The average Bonchev–Trinajstić information content (AvgIpc) is 3.44. The van der Waals surface area contributed by atoms with Crippen molar-refractivity contribution in [3.05, 3.63) is 63.7 Å². The van der Waals surface area contributed by atoms with Gasteiger partial charge in [-0.25, -0.2) is 0 Å². The molecule has 0 saturated heterocycles. The first-order valence-corrected chi connectivity index (χ1v) is 9.32. The predicted octanol–water partition coefficient (Wildman–Crippen LogP) is 2.87. The number of carbonyl (C=O) groups excluding carboxylic acids is 1. The molecule has 0 radical (unpaired) electrons. The molecule has 0 spiro atoms. The van der Waals surface area contributed by atoms with Crippen LogP contribution in [0.4, 0.5) is 0 Å². The monoisotopic (exact) mass is 363 g/mol. The Balaban J connectivity index is 1.43. The number of rotatable bonds is 3. The largest absolute Gasteiger partial charge is 0.497 e. The van der Waals surface area contributed by atoms with Gasteiger partial charge in [0.2, 0.25) is 0 Å². The fourth-order valence-electron chi connectivity index (χ4n) is 3.88. The molecule has 1 aliphatic heterocycles. The smallest absolute Gasteiger partial charge is 0.270 e. The Labute approximate surface area is 156 Å². The zero-order valence-electron chi connectivity index (χ0n) is 15.2. The third kappa shape index (κ3) is 2.81. The van der Waals surface area contributed by atoms with Crippen LogP contribution in [-0.2, 0) is 13.0 Å². The molecule has 1 aromatic carbocycles. The van der Waals surface area contributed by atoms with Crippen LogP contribution in [0.15, 0.2) is 41.3 Å². The number of nitrogens with one attached hydrogen (secondary N) is 1. The zero-order valence-corrected chi connectivity index (χ0v) is 15.2. The number of methoxy groups -OCH3 is 1. The van der Waals surface area contributed by atoms with Gasteiger partial charge in [-0.05, 0) is 54.7 Å².